The van der Waals surface area contributed by atoms with E-state index in [1.165, 1.54) is 19.3 Å². The average molecular weight is 224 g/mol. The Balaban J connectivity index is -0.000000720. The van der Waals surface area contributed by atoms with Crippen LogP contribution < -0.4 is 0 Å². The maximum atomic E-state index is 2.42. The Morgan fingerprint density at radius 3 is 1.07 bits per heavy atom. The molecule has 1 nitrogen and oxygen atoms in total. The van der Waals surface area contributed by atoms with Crippen LogP contribution in [-0.4, -0.2) is 41.7 Å². The van der Waals surface area contributed by atoms with Crippen LogP contribution in [0.15, 0.2) is 0 Å². The molecule has 0 radical (unpaired) electrons. The van der Waals surface area contributed by atoms with Gasteiger partial charge in [-0.3, -0.25) is 0 Å². The molecule has 0 aromatic heterocycles. The van der Waals surface area contributed by atoms with Gasteiger partial charge in [0.05, 0.1) is 0 Å². The fourth-order valence-electron chi connectivity index (χ4n) is 2.50. The molecule has 0 amide bonds. The summed E-state index contributed by atoms with van der Waals surface area (Å²) in [5.74, 6) is 2.68. The minimum absolute atomic E-state index is 0. The first-order valence-electron chi connectivity index (χ1n) is 6.08. The molecule has 0 saturated carbocycles. The second kappa shape index (κ2) is 11.5. The van der Waals surface area contributed by atoms with Gasteiger partial charge in [-0.1, -0.05) is 78.3 Å². The molecule has 0 aliphatic rings. The molecule has 0 aliphatic heterocycles. The zero-order valence-corrected chi connectivity index (χ0v) is 10.9. The first-order chi connectivity index (χ1) is 6.08. The van der Waals surface area contributed by atoms with Crippen LogP contribution in [0.2, 0.25) is 17.5 Å². The van der Waals surface area contributed by atoms with Crippen molar-refractivity contribution in [2.45, 2.75) is 78.3 Å². The normalized spacial score (nSPS) is 15.6. The predicted molar refractivity (Wildman–Crippen MR) is 75.7 cm³/mol. The van der Waals surface area contributed by atoms with Crippen molar-refractivity contribution in [1.29, 1.82) is 0 Å². The molecule has 0 aromatic carbocycles. The summed E-state index contributed by atoms with van der Waals surface area (Å²) in [5, 5.41) is 0. The van der Waals surface area contributed by atoms with Crippen LogP contribution in [0.3, 0.4) is 0 Å². The molecule has 0 spiro atoms. The second-order valence-electron chi connectivity index (χ2n) is 4.73. The fraction of sp³-hybridized carbons (Fsp3) is 1.00. The third-order valence-corrected chi connectivity index (χ3v) is 3.90. The number of hydrogen-bond acceptors (Lipinski definition) is 0. The SMILES string of the molecule is CCC(C)B(C(C)CC)C(C)CC.O.[NaH]. The molecule has 3 unspecified atom stereocenters. The van der Waals surface area contributed by atoms with Crippen LogP contribution in [0, 0.1) is 0 Å². The van der Waals surface area contributed by atoms with E-state index in [9.17, 15) is 0 Å². The summed E-state index contributed by atoms with van der Waals surface area (Å²) in [4.78, 5) is 0. The van der Waals surface area contributed by atoms with Crippen LogP contribution in [-0.2, 0) is 0 Å². The van der Waals surface area contributed by atoms with E-state index in [0.717, 1.165) is 24.2 Å². The van der Waals surface area contributed by atoms with Gasteiger partial charge in [-0.15, -0.1) is 0 Å². The van der Waals surface area contributed by atoms with Gasteiger partial charge in [0, 0.05) is 0 Å². The van der Waals surface area contributed by atoms with Gasteiger partial charge in [0.15, 0.2) is 0 Å². The molecule has 0 heterocycles. The Bertz CT molecular complexity index is 109. The van der Waals surface area contributed by atoms with Crippen LogP contribution in [0.5, 0.6) is 0 Å². The van der Waals surface area contributed by atoms with Gasteiger partial charge >= 0.3 is 29.6 Å². The summed E-state index contributed by atoms with van der Waals surface area (Å²) in [7, 11) is 0. The summed E-state index contributed by atoms with van der Waals surface area (Å²) in [6.07, 6.45) is 4.00. The van der Waals surface area contributed by atoms with Gasteiger partial charge in [-0.2, -0.15) is 0 Å². The minimum atomic E-state index is 0. The van der Waals surface area contributed by atoms with E-state index < -0.39 is 0 Å². The molecule has 0 fully saturated rings. The molecular formula is C12H30BNaO. The van der Waals surface area contributed by atoms with Gasteiger partial charge < -0.3 is 5.48 Å². The third kappa shape index (κ3) is 7.04. The zero-order chi connectivity index (χ0) is 10.4. The summed E-state index contributed by atoms with van der Waals surface area (Å²) >= 11 is 0. The second-order valence-corrected chi connectivity index (χ2v) is 4.73. The van der Waals surface area contributed by atoms with Gasteiger partial charge in [0.25, 0.3) is 0 Å². The molecule has 3 atom stereocenters. The van der Waals surface area contributed by atoms with Crippen molar-refractivity contribution in [3.8, 4) is 0 Å². The molecule has 0 aromatic rings. The quantitative estimate of drug-likeness (QED) is 0.619. The van der Waals surface area contributed by atoms with Gasteiger partial charge in [-0.05, 0) is 0 Å². The summed E-state index contributed by atoms with van der Waals surface area (Å²) in [6.45, 7) is 15.2. The topological polar surface area (TPSA) is 31.5 Å². The number of hydrogen-bond donors (Lipinski definition) is 0. The molecule has 0 saturated heterocycles. The predicted octanol–water partition coefficient (Wildman–Crippen LogP) is 3.41. The van der Waals surface area contributed by atoms with Crippen LogP contribution in [0.25, 0.3) is 0 Å². The fourth-order valence-corrected chi connectivity index (χ4v) is 2.50. The average Bonchev–Trinajstić information content (AvgIpc) is 2.16. The van der Waals surface area contributed by atoms with Crippen LogP contribution >= 0.6 is 0 Å². The first kappa shape index (κ1) is 21.3. The van der Waals surface area contributed by atoms with E-state index in [1.807, 2.05) is 0 Å². The Hall–Kier alpha value is 1.02. The summed E-state index contributed by atoms with van der Waals surface area (Å²) < 4.78 is 0. The van der Waals surface area contributed by atoms with Gasteiger partial charge in [0.2, 0.25) is 0 Å². The molecule has 0 bridgehead atoms. The van der Waals surface area contributed by atoms with E-state index in [2.05, 4.69) is 41.5 Å². The third-order valence-electron chi connectivity index (χ3n) is 3.90. The Morgan fingerprint density at radius 1 is 0.733 bits per heavy atom. The molecular weight excluding hydrogens is 194 g/mol. The Kier molecular flexibility index (Phi) is 16.4. The van der Waals surface area contributed by atoms with E-state index in [4.69, 9.17) is 0 Å². The van der Waals surface area contributed by atoms with Crippen LogP contribution in [0.4, 0.5) is 0 Å². The molecule has 88 valence electrons. The van der Waals surface area contributed by atoms with Crippen molar-refractivity contribution in [3.63, 3.8) is 0 Å². The van der Waals surface area contributed by atoms with Crippen molar-refractivity contribution in [3.05, 3.63) is 0 Å². The molecule has 2 N–H and O–H groups in total. The standard InChI is InChI=1S/C12H27B.Na.H2O.H/c1-7-10(4)13(11(5)8-2)12(6)9-3;;;/h10-12H,7-9H2,1-6H3;;1H2;. The zero-order valence-electron chi connectivity index (χ0n) is 10.9. The Labute approximate surface area is 119 Å². The molecule has 0 aliphatic carbocycles. The van der Waals surface area contributed by atoms with Crippen molar-refractivity contribution < 1.29 is 5.48 Å². The summed E-state index contributed by atoms with van der Waals surface area (Å²) in [5.41, 5.74) is 0. The Morgan fingerprint density at radius 2 is 0.933 bits per heavy atom. The number of rotatable bonds is 6. The van der Waals surface area contributed by atoms with Gasteiger partial charge in [0.1, 0.15) is 6.71 Å². The van der Waals surface area contributed by atoms with E-state index >= 15 is 0 Å². The first-order valence-corrected chi connectivity index (χ1v) is 6.08. The summed E-state index contributed by atoms with van der Waals surface area (Å²) in [6, 6.07) is 0. The van der Waals surface area contributed by atoms with Crippen molar-refractivity contribution in [1.82, 2.24) is 0 Å². The monoisotopic (exact) mass is 224 g/mol. The van der Waals surface area contributed by atoms with Crippen molar-refractivity contribution in [2.75, 3.05) is 0 Å². The maximum absolute atomic E-state index is 2.42. The van der Waals surface area contributed by atoms with Crippen molar-refractivity contribution >= 4 is 36.3 Å². The molecule has 3 heteroatoms. The van der Waals surface area contributed by atoms with Gasteiger partial charge in [-0.25, -0.2) is 0 Å². The van der Waals surface area contributed by atoms with E-state index in [-0.39, 0.29) is 35.0 Å². The van der Waals surface area contributed by atoms with E-state index in [0.29, 0.717) is 0 Å². The van der Waals surface area contributed by atoms with E-state index in [1.54, 1.807) is 0 Å². The van der Waals surface area contributed by atoms with Crippen molar-refractivity contribution in [2.24, 2.45) is 0 Å². The van der Waals surface area contributed by atoms with Crippen LogP contribution in [0.1, 0.15) is 60.8 Å². The molecule has 0 rings (SSSR count). The molecule has 15 heavy (non-hydrogen) atoms.